The second-order valence-electron chi connectivity index (χ2n) is 5.34. The van der Waals surface area contributed by atoms with Crippen LogP contribution in [0, 0.1) is 0 Å². The van der Waals surface area contributed by atoms with Crippen LogP contribution in [0.3, 0.4) is 0 Å². The number of ether oxygens (including phenoxy) is 1. The highest BCUT2D eigenvalue weighted by Gasteiger charge is 2.42. The molecule has 3 rings (SSSR count). The molecule has 0 bridgehead atoms. The Hall–Kier alpha value is -0.960. The summed E-state index contributed by atoms with van der Waals surface area (Å²) in [5.41, 5.74) is 0.359. The molecule has 1 fully saturated rings. The Kier molecular flexibility index (Phi) is 3.81. The van der Waals surface area contributed by atoms with E-state index in [1.54, 1.807) is 18.2 Å². The van der Waals surface area contributed by atoms with E-state index in [1.807, 2.05) is 0 Å². The van der Waals surface area contributed by atoms with Crippen molar-refractivity contribution in [2.75, 3.05) is 18.9 Å². The number of hydrogen-bond donors (Lipinski definition) is 1. The van der Waals surface area contributed by atoms with Crippen molar-refractivity contribution in [3.63, 3.8) is 0 Å². The summed E-state index contributed by atoms with van der Waals surface area (Å²) in [7, 11) is -7.27. The van der Waals surface area contributed by atoms with Gasteiger partial charge in [-0.25, -0.2) is 21.6 Å². The monoisotopic (exact) mass is 331 g/mol. The van der Waals surface area contributed by atoms with E-state index in [4.69, 9.17) is 4.74 Å². The minimum atomic E-state index is -3.74. The van der Waals surface area contributed by atoms with Crippen LogP contribution in [0.25, 0.3) is 0 Å². The van der Waals surface area contributed by atoms with Gasteiger partial charge in [-0.2, -0.15) is 0 Å². The molecule has 1 N–H and O–H groups in total. The molecule has 2 atom stereocenters. The van der Waals surface area contributed by atoms with Gasteiger partial charge in [-0.05, 0) is 24.5 Å². The first kappa shape index (κ1) is 15.0. The molecule has 6 nitrogen and oxygen atoms in total. The molecule has 1 saturated heterocycles. The lowest BCUT2D eigenvalue weighted by atomic mass is 10.2. The highest BCUT2D eigenvalue weighted by Crippen LogP contribution is 2.37. The highest BCUT2D eigenvalue weighted by atomic mass is 32.2. The molecule has 116 valence electrons. The molecule has 1 aromatic carbocycles. The summed E-state index contributed by atoms with van der Waals surface area (Å²) in [5, 5.41) is -1.04. The van der Waals surface area contributed by atoms with Crippen LogP contribution in [0.2, 0.25) is 0 Å². The Morgan fingerprint density at radius 2 is 2.05 bits per heavy atom. The molecule has 8 heteroatoms. The van der Waals surface area contributed by atoms with E-state index in [2.05, 4.69) is 4.72 Å². The Morgan fingerprint density at radius 3 is 2.76 bits per heavy atom. The summed E-state index contributed by atoms with van der Waals surface area (Å²) in [5.74, 6) is -0.396. The standard InChI is InChI=1S/C13H17NO5S2/c15-20(16)9-13(11-5-1-2-6-12(11)20)21(17,18)14-8-10-4-3-7-19-10/h1-2,5-6,10,13-14H,3-4,7-9H2/t10-,13-/m0/s1. The summed E-state index contributed by atoms with van der Waals surface area (Å²) < 4.78 is 56.8. The summed E-state index contributed by atoms with van der Waals surface area (Å²) in [4.78, 5) is 0.123. The first-order valence-electron chi connectivity index (χ1n) is 6.82. The van der Waals surface area contributed by atoms with Crippen molar-refractivity contribution >= 4 is 19.9 Å². The lowest BCUT2D eigenvalue weighted by molar-refractivity contribution is 0.114. The maximum atomic E-state index is 12.4. The maximum absolute atomic E-state index is 12.4. The Bertz CT molecular complexity index is 736. The first-order chi connectivity index (χ1) is 9.90. The van der Waals surface area contributed by atoms with Gasteiger partial charge in [0.25, 0.3) is 0 Å². The molecule has 0 unspecified atom stereocenters. The van der Waals surface area contributed by atoms with Crippen LogP contribution in [0.15, 0.2) is 29.2 Å². The molecule has 0 aromatic heterocycles. The quantitative estimate of drug-likeness (QED) is 0.873. The number of sulfone groups is 1. The van der Waals surface area contributed by atoms with Crippen LogP contribution in [-0.2, 0) is 24.6 Å². The third-order valence-electron chi connectivity index (χ3n) is 3.88. The van der Waals surface area contributed by atoms with Crippen LogP contribution in [0.4, 0.5) is 0 Å². The predicted molar refractivity (Wildman–Crippen MR) is 77.1 cm³/mol. The van der Waals surface area contributed by atoms with E-state index in [0.717, 1.165) is 12.8 Å². The number of sulfonamides is 1. The number of rotatable bonds is 4. The molecule has 1 aromatic rings. The molecule has 0 radical (unpaired) electrons. The zero-order chi connectivity index (χ0) is 15.1. The molecule has 0 spiro atoms. The van der Waals surface area contributed by atoms with Gasteiger partial charge in [0, 0.05) is 13.2 Å². The van der Waals surface area contributed by atoms with E-state index in [9.17, 15) is 16.8 Å². The van der Waals surface area contributed by atoms with Crippen molar-refractivity contribution in [1.29, 1.82) is 0 Å². The summed E-state index contributed by atoms with van der Waals surface area (Å²) in [6.45, 7) is 0.841. The van der Waals surface area contributed by atoms with Gasteiger partial charge in [0.2, 0.25) is 10.0 Å². The fourth-order valence-corrected chi connectivity index (χ4v) is 6.88. The Labute approximate surface area is 124 Å². The minimum Gasteiger partial charge on any atom is -0.377 e. The van der Waals surface area contributed by atoms with Crippen LogP contribution in [0.5, 0.6) is 0 Å². The molecular weight excluding hydrogens is 314 g/mol. The zero-order valence-electron chi connectivity index (χ0n) is 11.4. The fourth-order valence-electron chi connectivity index (χ4n) is 2.78. The third kappa shape index (κ3) is 2.85. The van der Waals surface area contributed by atoms with Gasteiger partial charge in [-0.15, -0.1) is 0 Å². The number of benzene rings is 1. The van der Waals surface area contributed by atoms with Crippen LogP contribution < -0.4 is 4.72 Å². The topological polar surface area (TPSA) is 89.5 Å². The first-order valence-corrected chi connectivity index (χ1v) is 10.0. The Balaban J connectivity index is 1.83. The molecular formula is C13H17NO5S2. The van der Waals surface area contributed by atoms with Gasteiger partial charge in [0.1, 0.15) is 5.25 Å². The predicted octanol–water partition coefficient (Wildman–Crippen LogP) is 0.613. The van der Waals surface area contributed by atoms with Gasteiger partial charge in [0.15, 0.2) is 9.84 Å². The smallest absolute Gasteiger partial charge is 0.219 e. The van der Waals surface area contributed by atoms with E-state index in [0.29, 0.717) is 12.2 Å². The van der Waals surface area contributed by atoms with Crippen LogP contribution >= 0.6 is 0 Å². The second-order valence-corrected chi connectivity index (χ2v) is 9.29. The third-order valence-corrected chi connectivity index (χ3v) is 7.65. The molecule has 21 heavy (non-hydrogen) atoms. The van der Waals surface area contributed by atoms with Crippen molar-refractivity contribution in [2.45, 2.75) is 29.1 Å². The summed E-state index contributed by atoms with van der Waals surface area (Å²) in [6, 6.07) is 6.28. The van der Waals surface area contributed by atoms with Crippen molar-refractivity contribution in [3.05, 3.63) is 29.8 Å². The molecule has 0 amide bonds. The average molecular weight is 331 g/mol. The van der Waals surface area contributed by atoms with Crippen molar-refractivity contribution in [3.8, 4) is 0 Å². The van der Waals surface area contributed by atoms with Crippen LogP contribution in [0.1, 0.15) is 23.7 Å². The average Bonchev–Trinajstić information content (AvgIpc) is 3.04. The van der Waals surface area contributed by atoms with E-state index >= 15 is 0 Å². The lowest BCUT2D eigenvalue weighted by Crippen LogP contribution is -2.35. The molecule has 0 aliphatic carbocycles. The van der Waals surface area contributed by atoms with Crippen molar-refractivity contribution < 1.29 is 21.6 Å². The highest BCUT2D eigenvalue weighted by molar-refractivity contribution is 7.95. The molecule has 0 saturated carbocycles. The van der Waals surface area contributed by atoms with Gasteiger partial charge in [-0.3, -0.25) is 0 Å². The molecule has 2 aliphatic heterocycles. The number of hydrogen-bond acceptors (Lipinski definition) is 5. The lowest BCUT2D eigenvalue weighted by Gasteiger charge is -2.15. The van der Waals surface area contributed by atoms with Crippen molar-refractivity contribution in [2.24, 2.45) is 0 Å². The van der Waals surface area contributed by atoms with E-state index in [-0.39, 0.29) is 17.5 Å². The largest absolute Gasteiger partial charge is 0.377 e. The summed E-state index contributed by atoms with van der Waals surface area (Å²) >= 11 is 0. The normalized spacial score (nSPS) is 27.6. The zero-order valence-corrected chi connectivity index (χ0v) is 13.0. The van der Waals surface area contributed by atoms with E-state index < -0.39 is 30.9 Å². The van der Waals surface area contributed by atoms with Gasteiger partial charge in [0.05, 0.1) is 16.8 Å². The van der Waals surface area contributed by atoms with Gasteiger partial charge < -0.3 is 4.74 Å². The fraction of sp³-hybridized carbons (Fsp3) is 0.538. The second kappa shape index (κ2) is 5.35. The number of nitrogens with one attached hydrogen (secondary N) is 1. The molecule has 2 heterocycles. The van der Waals surface area contributed by atoms with Gasteiger partial charge in [-0.1, -0.05) is 18.2 Å². The van der Waals surface area contributed by atoms with Crippen LogP contribution in [-0.4, -0.2) is 41.8 Å². The minimum absolute atomic E-state index is 0.118. The Morgan fingerprint density at radius 1 is 1.29 bits per heavy atom. The summed E-state index contributed by atoms with van der Waals surface area (Å²) in [6.07, 6.45) is 1.63. The number of fused-ring (bicyclic) bond motifs is 1. The van der Waals surface area contributed by atoms with Crippen molar-refractivity contribution in [1.82, 2.24) is 4.72 Å². The molecule has 2 aliphatic rings. The van der Waals surface area contributed by atoms with Gasteiger partial charge >= 0.3 is 0 Å². The van der Waals surface area contributed by atoms with E-state index in [1.165, 1.54) is 6.07 Å². The SMILES string of the molecule is O=S1(=O)C[C@H](S(=O)(=O)NC[C@@H]2CCCO2)c2ccccc21. The maximum Gasteiger partial charge on any atom is 0.219 e.